The minimum Gasteiger partial charge on any atom is -0.307 e. The number of aryl methyl sites for hydroxylation is 2. The van der Waals surface area contributed by atoms with Crippen LogP contribution in [0.4, 0.5) is 0 Å². The monoisotopic (exact) mass is 343 g/mol. The van der Waals surface area contributed by atoms with Crippen molar-refractivity contribution in [2.45, 2.75) is 44.7 Å². The van der Waals surface area contributed by atoms with Crippen molar-refractivity contribution in [2.75, 3.05) is 0 Å². The van der Waals surface area contributed by atoms with Crippen LogP contribution in [0.1, 0.15) is 42.5 Å². The van der Waals surface area contributed by atoms with Gasteiger partial charge in [-0.1, -0.05) is 52.3 Å². The van der Waals surface area contributed by atoms with E-state index in [0.29, 0.717) is 12.1 Å². The second-order valence-corrected chi connectivity index (χ2v) is 6.94. The Morgan fingerprint density at radius 2 is 2.00 bits per heavy atom. The molecule has 1 nitrogen and oxygen atoms in total. The largest absolute Gasteiger partial charge is 0.307 e. The molecule has 0 aromatic heterocycles. The fourth-order valence-electron chi connectivity index (χ4n) is 3.21. The van der Waals surface area contributed by atoms with E-state index in [-0.39, 0.29) is 0 Å². The predicted octanol–water partition coefficient (Wildman–Crippen LogP) is 5.05. The molecule has 0 amide bonds. The summed E-state index contributed by atoms with van der Waals surface area (Å²) in [5.41, 5.74) is 4.42. The summed E-state index contributed by atoms with van der Waals surface area (Å²) in [7, 11) is 0. The number of hydrogen-bond donors (Lipinski definition) is 1. The van der Waals surface area contributed by atoms with Gasteiger partial charge < -0.3 is 5.32 Å². The topological polar surface area (TPSA) is 12.0 Å². The Morgan fingerprint density at radius 1 is 1.19 bits per heavy atom. The molecule has 0 aliphatic heterocycles. The van der Waals surface area contributed by atoms with Crippen LogP contribution >= 0.6 is 15.9 Å². The van der Waals surface area contributed by atoms with E-state index in [9.17, 15) is 0 Å². The van der Waals surface area contributed by atoms with E-state index < -0.39 is 0 Å². The minimum atomic E-state index is 0.527. The van der Waals surface area contributed by atoms with Gasteiger partial charge in [-0.15, -0.1) is 0 Å². The number of nitrogens with one attached hydrogen (secondary N) is 1. The van der Waals surface area contributed by atoms with Crippen molar-refractivity contribution in [2.24, 2.45) is 0 Å². The molecule has 3 rings (SSSR count). The van der Waals surface area contributed by atoms with Gasteiger partial charge in [0.1, 0.15) is 0 Å². The lowest BCUT2D eigenvalue weighted by molar-refractivity contribution is 0.434. The summed E-state index contributed by atoms with van der Waals surface area (Å²) in [4.78, 5) is 0. The summed E-state index contributed by atoms with van der Waals surface area (Å²) in [5.74, 6) is 0. The summed E-state index contributed by atoms with van der Waals surface area (Å²) in [5, 5.41) is 3.81. The lowest BCUT2D eigenvalue weighted by Crippen LogP contribution is -2.29. The van der Waals surface area contributed by atoms with E-state index in [1.165, 1.54) is 40.4 Å². The highest BCUT2D eigenvalue weighted by atomic mass is 79.9. The number of hydrogen-bond acceptors (Lipinski definition) is 1. The molecule has 1 aliphatic carbocycles. The van der Waals surface area contributed by atoms with Crippen LogP contribution in [-0.2, 0) is 12.8 Å². The Hall–Kier alpha value is -1.12. The zero-order chi connectivity index (χ0) is 14.7. The second kappa shape index (κ2) is 6.76. The molecule has 2 atom stereocenters. The van der Waals surface area contributed by atoms with Gasteiger partial charge in [0.15, 0.2) is 0 Å². The van der Waals surface area contributed by atoms with Crippen molar-refractivity contribution >= 4 is 15.9 Å². The molecule has 0 heterocycles. The first kappa shape index (κ1) is 14.8. The third-order valence-electron chi connectivity index (χ3n) is 4.38. The summed E-state index contributed by atoms with van der Waals surface area (Å²) < 4.78 is 1.19. The molecule has 21 heavy (non-hydrogen) atoms. The molecule has 1 aliphatic rings. The summed E-state index contributed by atoms with van der Waals surface area (Å²) in [6.45, 7) is 2.31. The van der Waals surface area contributed by atoms with Gasteiger partial charge in [-0.3, -0.25) is 0 Å². The van der Waals surface area contributed by atoms with E-state index in [4.69, 9.17) is 0 Å². The second-order valence-electron chi connectivity index (χ2n) is 6.03. The molecule has 2 unspecified atom stereocenters. The van der Waals surface area contributed by atoms with E-state index >= 15 is 0 Å². The molecular weight excluding hydrogens is 322 g/mol. The van der Waals surface area contributed by atoms with Gasteiger partial charge in [0.2, 0.25) is 0 Å². The predicted molar refractivity (Wildman–Crippen MR) is 92.6 cm³/mol. The Morgan fingerprint density at radius 3 is 2.81 bits per heavy atom. The van der Waals surface area contributed by atoms with Crippen molar-refractivity contribution in [3.05, 3.63) is 69.7 Å². The van der Waals surface area contributed by atoms with Crippen molar-refractivity contribution in [1.82, 2.24) is 5.32 Å². The highest BCUT2D eigenvalue weighted by Gasteiger charge is 2.23. The highest BCUT2D eigenvalue weighted by molar-refractivity contribution is 9.10. The number of rotatable bonds is 5. The van der Waals surface area contributed by atoms with E-state index in [0.717, 1.165) is 6.42 Å². The Labute approximate surface area is 135 Å². The van der Waals surface area contributed by atoms with Crippen LogP contribution < -0.4 is 5.32 Å². The van der Waals surface area contributed by atoms with Crippen molar-refractivity contribution in [3.8, 4) is 0 Å². The molecule has 0 radical (unpaired) electrons. The molecule has 0 saturated carbocycles. The van der Waals surface area contributed by atoms with Gasteiger partial charge in [-0.25, -0.2) is 0 Å². The third-order valence-corrected chi connectivity index (χ3v) is 4.87. The molecule has 0 spiro atoms. The van der Waals surface area contributed by atoms with Crippen molar-refractivity contribution < 1.29 is 0 Å². The average Bonchev–Trinajstić information content (AvgIpc) is 2.88. The first-order valence-corrected chi connectivity index (χ1v) is 8.60. The fourth-order valence-corrected chi connectivity index (χ4v) is 3.62. The van der Waals surface area contributed by atoms with Crippen LogP contribution in [0, 0.1) is 0 Å². The molecule has 2 aromatic carbocycles. The quantitative estimate of drug-likeness (QED) is 0.801. The fraction of sp³-hybridized carbons (Fsp3) is 0.368. The average molecular weight is 344 g/mol. The number of benzene rings is 2. The summed E-state index contributed by atoms with van der Waals surface area (Å²) in [6, 6.07) is 18.5. The van der Waals surface area contributed by atoms with Gasteiger partial charge in [-0.2, -0.15) is 0 Å². The standard InChI is InChI=1S/C19H22BrN/c1-14(7-8-15-5-3-2-4-6-15)21-19-12-9-16-13-17(20)10-11-18(16)19/h2-6,10-11,13-14,19,21H,7-9,12H2,1H3. The van der Waals surface area contributed by atoms with E-state index in [2.05, 4.69) is 76.7 Å². The highest BCUT2D eigenvalue weighted by Crippen LogP contribution is 2.33. The first-order valence-electron chi connectivity index (χ1n) is 7.80. The molecule has 110 valence electrons. The lowest BCUT2D eigenvalue weighted by Gasteiger charge is -2.20. The summed E-state index contributed by atoms with van der Waals surface area (Å²) in [6.07, 6.45) is 4.75. The van der Waals surface area contributed by atoms with Crippen molar-refractivity contribution in [1.29, 1.82) is 0 Å². The molecular formula is C19H22BrN. The molecule has 2 heteroatoms. The van der Waals surface area contributed by atoms with Gasteiger partial charge in [0.05, 0.1) is 0 Å². The van der Waals surface area contributed by atoms with Gasteiger partial charge in [0.25, 0.3) is 0 Å². The number of halogens is 1. The maximum atomic E-state index is 3.81. The van der Waals surface area contributed by atoms with Crippen LogP contribution in [0.5, 0.6) is 0 Å². The zero-order valence-corrected chi connectivity index (χ0v) is 14.1. The Balaban J connectivity index is 1.56. The maximum Gasteiger partial charge on any atom is 0.0328 e. The normalized spacial score (nSPS) is 18.5. The van der Waals surface area contributed by atoms with Crippen LogP contribution in [-0.4, -0.2) is 6.04 Å². The lowest BCUT2D eigenvalue weighted by atomic mass is 10.0. The minimum absolute atomic E-state index is 0.527. The molecule has 1 N–H and O–H groups in total. The van der Waals surface area contributed by atoms with E-state index in [1.54, 1.807) is 0 Å². The van der Waals surface area contributed by atoms with Gasteiger partial charge >= 0.3 is 0 Å². The van der Waals surface area contributed by atoms with Crippen LogP contribution in [0.15, 0.2) is 53.0 Å². The maximum absolute atomic E-state index is 3.81. The van der Waals surface area contributed by atoms with E-state index in [1.807, 2.05) is 0 Å². The van der Waals surface area contributed by atoms with Crippen LogP contribution in [0.25, 0.3) is 0 Å². The number of fused-ring (bicyclic) bond motifs is 1. The molecule has 0 fully saturated rings. The molecule has 0 saturated heterocycles. The van der Waals surface area contributed by atoms with Crippen LogP contribution in [0.3, 0.4) is 0 Å². The van der Waals surface area contributed by atoms with Crippen molar-refractivity contribution in [3.63, 3.8) is 0 Å². The Kier molecular flexibility index (Phi) is 4.77. The Bertz CT molecular complexity index is 594. The van der Waals surface area contributed by atoms with Gasteiger partial charge in [0, 0.05) is 16.6 Å². The summed E-state index contributed by atoms with van der Waals surface area (Å²) >= 11 is 3.57. The zero-order valence-electron chi connectivity index (χ0n) is 12.5. The molecule has 2 aromatic rings. The smallest absolute Gasteiger partial charge is 0.0328 e. The SMILES string of the molecule is CC(CCc1ccccc1)NC1CCc2cc(Br)ccc21. The van der Waals surface area contributed by atoms with Crippen LogP contribution in [0.2, 0.25) is 0 Å². The molecule has 0 bridgehead atoms. The first-order chi connectivity index (χ1) is 10.2. The van der Waals surface area contributed by atoms with Gasteiger partial charge in [-0.05, 0) is 61.4 Å². The third kappa shape index (κ3) is 3.75.